The normalized spacial score (nSPS) is 0. The topological polar surface area (TPSA) is 246 Å². The molecule has 0 spiro atoms. The van der Waals surface area contributed by atoms with Gasteiger partial charge in [0.25, 0.3) is 0 Å². The SMILES string of the molecule is O.O.O.O.[Cr].[Cr].[K+].[K+].[OH-].[OH-].[OH-].[OH-].[Zn+2]. The maximum absolute atomic E-state index is 0. The number of hydrogen-bond acceptors (Lipinski definition) is 4. The van der Waals surface area contributed by atoms with Crippen molar-refractivity contribution in [3.8, 4) is 0 Å². The fraction of sp³-hybridized carbons (Fsp3) is 0. The standard InChI is InChI=1S/2Cr.2K.8H2O.Zn/h;;;;8*1H2;/q;;2*+1;;;;;;;;;+2/p-4. The van der Waals surface area contributed by atoms with Crippen molar-refractivity contribution in [2.75, 3.05) is 0 Å². The van der Waals surface area contributed by atoms with Gasteiger partial charge in [-0.3, -0.25) is 0 Å². The Morgan fingerprint density at radius 3 is 0.385 bits per heavy atom. The second-order valence-electron chi connectivity index (χ2n) is 0. The van der Waals surface area contributed by atoms with E-state index in [1.54, 1.807) is 0 Å². The largest absolute Gasteiger partial charge is 2.00 e. The minimum Gasteiger partial charge on any atom is -0.870 e. The van der Waals surface area contributed by atoms with Gasteiger partial charge in [-0.25, -0.2) is 0 Å². The van der Waals surface area contributed by atoms with E-state index in [0.717, 1.165) is 0 Å². The van der Waals surface area contributed by atoms with Crippen molar-refractivity contribution in [2.24, 2.45) is 0 Å². The van der Waals surface area contributed by atoms with Crippen molar-refractivity contribution >= 4 is 0 Å². The fourth-order valence-electron chi connectivity index (χ4n) is 0. The van der Waals surface area contributed by atoms with E-state index in [1.807, 2.05) is 0 Å². The van der Waals surface area contributed by atoms with Gasteiger partial charge < -0.3 is 43.8 Å². The van der Waals surface area contributed by atoms with Gasteiger partial charge in [-0.05, 0) is 0 Å². The maximum Gasteiger partial charge on any atom is 2.00 e. The summed E-state index contributed by atoms with van der Waals surface area (Å²) in [7, 11) is 0. The van der Waals surface area contributed by atoms with E-state index < -0.39 is 0 Å². The quantitative estimate of drug-likeness (QED) is 0.367. The summed E-state index contributed by atoms with van der Waals surface area (Å²) in [4.78, 5) is 0. The molecule has 0 aromatic carbocycles. The Bertz CT molecular complexity index is 20.1. The molecule has 8 nitrogen and oxygen atoms in total. The van der Waals surface area contributed by atoms with Crippen LogP contribution >= 0.6 is 0 Å². The van der Waals surface area contributed by atoms with Crippen LogP contribution in [0.4, 0.5) is 0 Å². The molecule has 0 aromatic rings. The molecule has 0 heterocycles. The van der Waals surface area contributed by atoms with Gasteiger partial charge in [0.15, 0.2) is 0 Å². The van der Waals surface area contributed by atoms with Crippen LogP contribution in [0.25, 0.3) is 0 Å². The Hall–Kier alpha value is 4.64. The molecule has 0 aliphatic carbocycles. The minimum absolute atomic E-state index is 0. The maximum atomic E-state index is 0. The van der Waals surface area contributed by atoms with Crippen LogP contribution in [0, 0.1) is 0 Å². The molecular formula is H12Cr2K2O8Zn. The minimum atomic E-state index is 0. The van der Waals surface area contributed by atoms with E-state index in [1.165, 1.54) is 0 Å². The third-order valence-corrected chi connectivity index (χ3v) is 0. The third kappa shape index (κ3) is 166. The van der Waals surface area contributed by atoms with Gasteiger partial charge in [-0.15, -0.1) is 0 Å². The summed E-state index contributed by atoms with van der Waals surface area (Å²) in [6.45, 7) is 0. The Morgan fingerprint density at radius 2 is 0.385 bits per heavy atom. The molecule has 13 heavy (non-hydrogen) atoms. The van der Waals surface area contributed by atoms with E-state index in [0.29, 0.717) is 0 Å². The predicted molar refractivity (Wildman–Crippen MR) is 22.2 cm³/mol. The summed E-state index contributed by atoms with van der Waals surface area (Å²) in [5.41, 5.74) is 0. The second kappa shape index (κ2) is 189. The van der Waals surface area contributed by atoms with Crippen LogP contribution in [-0.2, 0) is 54.2 Å². The summed E-state index contributed by atoms with van der Waals surface area (Å²) in [5.74, 6) is 0. The molecule has 13 heteroatoms. The van der Waals surface area contributed by atoms with Crippen LogP contribution in [0.15, 0.2) is 0 Å². The summed E-state index contributed by atoms with van der Waals surface area (Å²) in [6, 6.07) is 0. The van der Waals surface area contributed by atoms with Gasteiger partial charge in [0.05, 0.1) is 0 Å². The number of rotatable bonds is 0. The van der Waals surface area contributed by atoms with Gasteiger partial charge in [0.1, 0.15) is 0 Å². The molecule has 12 N–H and O–H groups in total. The molecule has 0 rings (SSSR count). The van der Waals surface area contributed by atoms with Gasteiger partial charge in [-0.1, -0.05) is 0 Å². The van der Waals surface area contributed by atoms with Gasteiger partial charge in [0, 0.05) is 34.7 Å². The molecule has 0 bridgehead atoms. The van der Waals surface area contributed by atoms with Gasteiger partial charge in [0.2, 0.25) is 0 Å². The summed E-state index contributed by atoms with van der Waals surface area (Å²) < 4.78 is 0. The first-order valence-corrected chi connectivity index (χ1v) is 0. The van der Waals surface area contributed by atoms with E-state index in [2.05, 4.69) is 0 Å². The molecule has 0 radical (unpaired) electrons. The van der Waals surface area contributed by atoms with Crippen LogP contribution in [0.5, 0.6) is 0 Å². The zero-order chi connectivity index (χ0) is 0. The zero-order valence-electron chi connectivity index (χ0n) is 7.31. The predicted octanol–water partition coefficient (Wildman–Crippen LogP) is -10.0. The smallest absolute Gasteiger partial charge is 0.870 e. The molecule has 0 fully saturated rings. The molecule has 0 atom stereocenters. The zero-order valence-corrected chi connectivity index (χ0v) is 19.1. The van der Waals surface area contributed by atoms with E-state index in [9.17, 15) is 0 Å². The van der Waals surface area contributed by atoms with Crippen molar-refractivity contribution in [3.63, 3.8) is 0 Å². The monoisotopic (exact) mass is 386 g/mol. The van der Waals surface area contributed by atoms with E-state index >= 15 is 0 Å². The van der Waals surface area contributed by atoms with Crippen molar-refractivity contribution in [1.82, 2.24) is 0 Å². The molecule has 0 aliphatic heterocycles. The van der Waals surface area contributed by atoms with Gasteiger partial charge in [-0.2, -0.15) is 0 Å². The summed E-state index contributed by atoms with van der Waals surface area (Å²) >= 11 is 0. The summed E-state index contributed by atoms with van der Waals surface area (Å²) in [6.07, 6.45) is 0. The number of hydrogen-bond donors (Lipinski definition) is 0. The molecule has 0 saturated carbocycles. The molecule has 0 amide bonds. The van der Waals surface area contributed by atoms with Crippen molar-refractivity contribution in [2.45, 2.75) is 0 Å². The van der Waals surface area contributed by atoms with Crippen molar-refractivity contribution in [1.29, 1.82) is 0 Å². The van der Waals surface area contributed by atoms with Crippen LogP contribution in [0.2, 0.25) is 0 Å². The first-order chi connectivity index (χ1) is 0. The Balaban J connectivity index is 0. The Labute approximate surface area is 196 Å². The molecule has 0 saturated heterocycles. The molecule has 0 aliphatic rings. The molecule has 0 unspecified atom stereocenters. The second-order valence-corrected chi connectivity index (χ2v) is 0. The Kier molecular flexibility index (Phi) is 3300. The van der Waals surface area contributed by atoms with E-state index in [4.69, 9.17) is 0 Å². The van der Waals surface area contributed by atoms with Crippen LogP contribution in [0.1, 0.15) is 0 Å². The summed E-state index contributed by atoms with van der Waals surface area (Å²) in [5, 5.41) is 0. The first kappa shape index (κ1) is 227. The van der Waals surface area contributed by atoms with Crippen LogP contribution < -0.4 is 103 Å². The average Bonchev–Trinajstić information content (AvgIpc) is 0. The van der Waals surface area contributed by atoms with E-state index in [-0.39, 0.29) is 201 Å². The Morgan fingerprint density at radius 1 is 0.385 bits per heavy atom. The fourth-order valence-corrected chi connectivity index (χ4v) is 0. The molecular weight excluding hydrogens is 376 g/mol. The van der Waals surface area contributed by atoms with Crippen LogP contribution in [-0.4, -0.2) is 43.8 Å². The molecule has 0 aromatic heterocycles. The first-order valence-electron chi connectivity index (χ1n) is 0. The van der Waals surface area contributed by atoms with Crippen LogP contribution in [0.3, 0.4) is 0 Å². The van der Waals surface area contributed by atoms with Crippen molar-refractivity contribution in [3.05, 3.63) is 0 Å². The van der Waals surface area contributed by atoms with Crippen molar-refractivity contribution < 1.29 is 201 Å². The molecule has 76 valence electrons. The third-order valence-electron chi connectivity index (χ3n) is 0. The van der Waals surface area contributed by atoms with Gasteiger partial charge >= 0.3 is 122 Å². The average molecular weight is 388 g/mol.